The maximum atomic E-state index is 12.1. The van der Waals surface area contributed by atoms with E-state index in [0.29, 0.717) is 54.9 Å². The Bertz CT molecular complexity index is 985. The van der Waals surface area contributed by atoms with Crippen LogP contribution in [0.5, 0.6) is 0 Å². The monoisotopic (exact) mass is 552 g/mol. The Balaban J connectivity index is 1.20. The van der Waals surface area contributed by atoms with Gasteiger partial charge in [0.25, 0.3) is 0 Å². The lowest BCUT2D eigenvalue weighted by Crippen LogP contribution is -2.62. The highest BCUT2D eigenvalue weighted by Crippen LogP contribution is 2.69. The summed E-state index contributed by atoms with van der Waals surface area (Å²) in [6.45, 7) is 10.1. The van der Waals surface area contributed by atoms with Crippen LogP contribution in [0.4, 0.5) is 4.79 Å². The van der Waals surface area contributed by atoms with E-state index in [2.05, 4.69) is 37.7 Å². The van der Waals surface area contributed by atoms with Gasteiger partial charge in [0, 0.05) is 6.54 Å². The number of hydrogen-bond donors (Lipinski definition) is 4. The summed E-state index contributed by atoms with van der Waals surface area (Å²) in [6.07, 6.45) is 11.3. The first-order valence-electron chi connectivity index (χ1n) is 15.6. The predicted molar refractivity (Wildman–Crippen MR) is 149 cm³/mol. The number of nitrogens with one attached hydrogen (secondary N) is 2. The van der Waals surface area contributed by atoms with Gasteiger partial charge >= 0.3 is 6.03 Å². The molecular formula is C30H52N2O5S. The molecule has 0 saturated heterocycles. The number of urea groups is 1. The van der Waals surface area contributed by atoms with E-state index in [-0.39, 0.29) is 29.0 Å². The molecule has 0 aromatic carbocycles. The zero-order valence-electron chi connectivity index (χ0n) is 24.0. The summed E-state index contributed by atoms with van der Waals surface area (Å²) in [6, 6.07) is -0.602. The Hall–Kier alpha value is -0.860. The Kier molecular flexibility index (Phi) is 7.93. The molecule has 2 unspecified atom stereocenters. The lowest BCUT2D eigenvalue weighted by Gasteiger charge is -2.64. The molecule has 5 aliphatic rings. The van der Waals surface area contributed by atoms with E-state index in [0.717, 1.165) is 38.5 Å². The molecular weight excluding hydrogens is 500 g/mol. The summed E-state index contributed by atoms with van der Waals surface area (Å²) in [5.41, 5.74) is 0.467. The molecule has 8 heteroatoms. The number of aliphatic hydroxyl groups excluding tert-OH is 2. The van der Waals surface area contributed by atoms with Gasteiger partial charge in [-0.05, 0) is 123 Å². The second kappa shape index (κ2) is 10.5. The lowest BCUT2D eigenvalue weighted by molar-refractivity contribution is -0.203. The van der Waals surface area contributed by atoms with Crippen molar-refractivity contribution in [2.45, 2.75) is 122 Å². The van der Waals surface area contributed by atoms with Crippen molar-refractivity contribution in [1.29, 1.82) is 0 Å². The van der Waals surface area contributed by atoms with E-state index in [1.807, 2.05) is 0 Å². The second-order valence-electron chi connectivity index (χ2n) is 14.3. The fourth-order valence-corrected chi connectivity index (χ4v) is 11.6. The summed E-state index contributed by atoms with van der Waals surface area (Å²) < 4.78 is 26.1. The van der Waals surface area contributed by atoms with Crippen LogP contribution in [-0.2, 0) is 10.0 Å². The average Bonchev–Trinajstić information content (AvgIpc) is 3.66. The van der Waals surface area contributed by atoms with Gasteiger partial charge in [0.1, 0.15) is 0 Å². The fourth-order valence-electron chi connectivity index (χ4n) is 10.4. The molecule has 0 heterocycles. The first kappa shape index (κ1) is 28.7. The maximum absolute atomic E-state index is 12.1. The predicted octanol–water partition coefficient (Wildman–Crippen LogP) is 4.82. The number of amides is 2. The van der Waals surface area contributed by atoms with E-state index in [1.54, 1.807) is 0 Å². The van der Waals surface area contributed by atoms with Gasteiger partial charge in [0.05, 0.1) is 17.5 Å². The zero-order valence-corrected chi connectivity index (χ0v) is 24.8. The largest absolute Gasteiger partial charge is 0.393 e. The van der Waals surface area contributed by atoms with Crippen LogP contribution in [0.25, 0.3) is 0 Å². The van der Waals surface area contributed by atoms with Crippen LogP contribution in [0.2, 0.25) is 0 Å². The Morgan fingerprint density at radius 2 is 1.66 bits per heavy atom. The molecule has 5 saturated carbocycles. The standard InChI is InChI=1S/C30H52N2O5S/c1-5-21-25-17-19(33)12-14-30(25,4)24-13-15-29(3)22(10-11-23(29)26(24)27(21)34)18(2)7-6-16-31-28(35)32-38(36,37)20-8-9-20/h18-27,33-34H,5-17H2,1-4H3,(H2,31,32,35)/t18-,19-,21-,22-,23+,24+,25?,26+,27-,29-,30?/m1/s1. The third kappa shape index (κ3) is 4.93. The van der Waals surface area contributed by atoms with Gasteiger partial charge in [0.15, 0.2) is 0 Å². The van der Waals surface area contributed by atoms with E-state index in [4.69, 9.17) is 0 Å². The quantitative estimate of drug-likeness (QED) is 0.322. The molecule has 0 aromatic rings. The van der Waals surface area contributed by atoms with Crippen LogP contribution >= 0.6 is 0 Å². The van der Waals surface area contributed by atoms with Crippen LogP contribution in [-0.4, -0.2) is 48.7 Å². The van der Waals surface area contributed by atoms with Crippen LogP contribution < -0.4 is 10.0 Å². The Labute approximate surface area is 230 Å². The molecule has 0 radical (unpaired) electrons. The summed E-state index contributed by atoms with van der Waals surface area (Å²) in [7, 11) is -3.50. The Morgan fingerprint density at radius 1 is 0.974 bits per heavy atom. The normalized spacial score (nSPS) is 45.4. The van der Waals surface area contributed by atoms with E-state index >= 15 is 0 Å². The van der Waals surface area contributed by atoms with Gasteiger partial charge < -0.3 is 15.5 Å². The first-order chi connectivity index (χ1) is 17.9. The summed E-state index contributed by atoms with van der Waals surface area (Å²) >= 11 is 0. The van der Waals surface area contributed by atoms with Crippen LogP contribution in [0.1, 0.15) is 105 Å². The van der Waals surface area contributed by atoms with Crippen molar-refractivity contribution in [2.75, 3.05) is 6.54 Å². The molecule has 218 valence electrons. The minimum absolute atomic E-state index is 0.209. The molecule has 2 amide bonds. The van der Waals surface area contributed by atoms with Gasteiger partial charge in [-0.15, -0.1) is 0 Å². The lowest BCUT2D eigenvalue weighted by atomic mass is 9.41. The van der Waals surface area contributed by atoms with Crippen molar-refractivity contribution in [1.82, 2.24) is 10.0 Å². The third-order valence-corrected chi connectivity index (χ3v) is 14.3. The molecule has 0 spiro atoms. The number of rotatable bonds is 8. The van der Waals surface area contributed by atoms with Crippen molar-refractivity contribution < 1.29 is 23.4 Å². The van der Waals surface area contributed by atoms with Crippen molar-refractivity contribution >= 4 is 16.1 Å². The average molecular weight is 553 g/mol. The maximum Gasteiger partial charge on any atom is 0.328 e. The number of sulfonamides is 1. The molecule has 5 aliphatic carbocycles. The number of fused-ring (bicyclic) bond motifs is 5. The van der Waals surface area contributed by atoms with Crippen molar-refractivity contribution in [2.24, 2.45) is 52.3 Å². The zero-order chi connectivity index (χ0) is 27.5. The smallest absolute Gasteiger partial charge is 0.328 e. The van der Waals surface area contributed by atoms with E-state index in [1.165, 1.54) is 25.7 Å². The number of hydrogen-bond acceptors (Lipinski definition) is 5. The highest BCUT2D eigenvalue weighted by molar-refractivity contribution is 7.90. The van der Waals surface area contributed by atoms with E-state index in [9.17, 15) is 23.4 Å². The molecule has 0 bridgehead atoms. The first-order valence-corrected chi connectivity index (χ1v) is 17.1. The van der Waals surface area contributed by atoms with Crippen LogP contribution in [0, 0.1) is 52.3 Å². The van der Waals surface area contributed by atoms with Gasteiger partial charge in [-0.3, -0.25) is 0 Å². The Morgan fingerprint density at radius 3 is 2.34 bits per heavy atom. The minimum atomic E-state index is -3.50. The van der Waals surface area contributed by atoms with Gasteiger partial charge in [-0.25, -0.2) is 17.9 Å². The minimum Gasteiger partial charge on any atom is -0.393 e. The number of carbonyl (C=O) groups excluding carboxylic acids is 1. The molecule has 38 heavy (non-hydrogen) atoms. The molecule has 0 aromatic heterocycles. The molecule has 7 nitrogen and oxygen atoms in total. The molecule has 0 aliphatic heterocycles. The molecule has 5 rings (SSSR count). The summed E-state index contributed by atoms with van der Waals surface area (Å²) in [5.74, 6) is 3.33. The van der Waals surface area contributed by atoms with E-state index < -0.39 is 21.3 Å². The van der Waals surface area contributed by atoms with Gasteiger partial charge in [-0.1, -0.05) is 34.1 Å². The fraction of sp³-hybridized carbons (Fsp3) is 0.967. The number of aliphatic hydroxyl groups is 2. The van der Waals surface area contributed by atoms with Crippen LogP contribution in [0.3, 0.4) is 0 Å². The molecule has 11 atom stereocenters. The van der Waals surface area contributed by atoms with Crippen molar-refractivity contribution in [3.05, 3.63) is 0 Å². The summed E-state index contributed by atoms with van der Waals surface area (Å²) in [4.78, 5) is 12.1. The molecule has 4 N–H and O–H groups in total. The topological polar surface area (TPSA) is 116 Å². The summed E-state index contributed by atoms with van der Waals surface area (Å²) in [5, 5.41) is 24.7. The highest BCUT2D eigenvalue weighted by atomic mass is 32.2. The highest BCUT2D eigenvalue weighted by Gasteiger charge is 2.64. The van der Waals surface area contributed by atoms with Gasteiger partial charge in [0.2, 0.25) is 10.0 Å². The van der Waals surface area contributed by atoms with Crippen LogP contribution in [0.15, 0.2) is 0 Å². The van der Waals surface area contributed by atoms with Crippen molar-refractivity contribution in [3.63, 3.8) is 0 Å². The number of carbonyl (C=O) groups is 1. The molecule has 5 fully saturated rings. The third-order valence-electron chi connectivity index (χ3n) is 12.5. The van der Waals surface area contributed by atoms with Gasteiger partial charge in [-0.2, -0.15) is 0 Å². The SMILES string of the molecule is CC[C@@H]1C2C[C@H](O)CCC2(C)[C@H]2CC[C@]3(C)[C@@H]([C@H](C)CCCNC(=O)NS(=O)(=O)C4CC4)CC[C@H]3[C@@H]2[C@@H]1O. The van der Waals surface area contributed by atoms with Crippen molar-refractivity contribution in [3.8, 4) is 0 Å². The second-order valence-corrected chi connectivity index (χ2v) is 16.3.